The van der Waals surface area contributed by atoms with Crippen molar-refractivity contribution in [2.45, 2.75) is 0 Å². The molecule has 0 saturated heterocycles. The average molecular weight is 208 g/mol. The van der Waals surface area contributed by atoms with Crippen LogP contribution in [0.3, 0.4) is 0 Å². The molecular formula is C7H4N4S2. The number of hydrogen-bond donors (Lipinski definition) is 2. The maximum atomic E-state index is 8.67. The van der Waals surface area contributed by atoms with Gasteiger partial charge in [0.25, 0.3) is 0 Å². The van der Waals surface area contributed by atoms with Gasteiger partial charge in [-0.05, 0) is 0 Å². The minimum Gasteiger partial charge on any atom is -0.396 e. The fraction of sp³-hybridized carbons (Fsp3) is 0. The molecule has 64 valence electrons. The maximum Gasteiger partial charge on any atom is 0.112 e. The number of nitrogen functional groups attached to an aromatic ring is 2. The highest BCUT2D eigenvalue weighted by atomic mass is 32.1. The highest BCUT2D eigenvalue weighted by molar-refractivity contribution is 7.73. The van der Waals surface area contributed by atoms with Gasteiger partial charge in [-0.1, -0.05) is 12.2 Å². The van der Waals surface area contributed by atoms with Crippen LogP contribution in [-0.4, -0.2) is 0 Å². The molecule has 13 heavy (non-hydrogen) atoms. The van der Waals surface area contributed by atoms with Crippen LogP contribution in [0.15, 0.2) is 0 Å². The van der Waals surface area contributed by atoms with Gasteiger partial charge in [0, 0.05) is 0 Å². The zero-order valence-electron chi connectivity index (χ0n) is 6.37. The lowest BCUT2D eigenvalue weighted by atomic mass is 10.2. The van der Waals surface area contributed by atoms with E-state index in [1.807, 2.05) is 12.1 Å². The Bertz CT molecular complexity index is 489. The first-order valence-electron chi connectivity index (χ1n) is 3.14. The summed E-state index contributed by atoms with van der Waals surface area (Å²) >= 11 is 5.88. The van der Waals surface area contributed by atoms with E-state index in [0.29, 0.717) is 3.82 Å². The van der Waals surface area contributed by atoms with Crippen LogP contribution in [0.25, 0.3) is 0 Å². The number of rotatable bonds is 0. The molecule has 0 fully saturated rings. The molecular weight excluding hydrogens is 204 g/mol. The van der Waals surface area contributed by atoms with Gasteiger partial charge in [-0.2, -0.15) is 10.5 Å². The SMILES string of the molecule is N#Cc1c(N)sc(=S)c(C#N)c1N. The van der Waals surface area contributed by atoms with E-state index in [2.05, 4.69) is 0 Å². The van der Waals surface area contributed by atoms with Gasteiger partial charge in [0.1, 0.15) is 32.1 Å². The van der Waals surface area contributed by atoms with Crippen molar-refractivity contribution in [1.29, 1.82) is 10.5 Å². The minimum atomic E-state index is 0.0752. The Morgan fingerprint density at radius 2 is 1.69 bits per heavy atom. The molecule has 1 aromatic rings. The van der Waals surface area contributed by atoms with Gasteiger partial charge in [-0.25, -0.2) is 0 Å². The van der Waals surface area contributed by atoms with Crippen LogP contribution in [0.5, 0.6) is 0 Å². The third-order valence-electron chi connectivity index (χ3n) is 1.42. The Morgan fingerprint density at radius 1 is 1.15 bits per heavy atom. The lowest BCUT2D eigenvalue weighted by molar-refractivity contribution is 1.47. The molecule has 0 radical (unpaired) electrons. The van der Waals surface area contributed by atoms with Gasteiger partial charge in [-0.3, -0.25) is 0 Å². The van der Waals surface area contributed by atoms with E-state index in [-0.39, 0.29) is 21.8 Å². The molecule has 0 aliphatic rings. The van der Waals surface area contributed by atoms with E-state index in [0.717, 1.165) is 11.3 Å². The van der Waals surface area contributed by atoms with Crippen molar-refractivity contribution in [2.75, 3.05) is 11.5 Å². The first-order valence-corrected chi connectivity index (χ1v) is 4.36. The monoisotopic (exact) mass is 208 g/mol. The van der Waals surface area contributed by atoms with Crippen LogP contribution >= 0.6 is 23.6 Å². The van der Waals surface area contributed by atoms with E-state index < -0.39 is 0 Å². The lowest BCUT2D eigenvalue weighted by Gasteiger charge is -2.01. The molecule has 0 saturated carbocycles. The van der Waals surface area contributed by atoms with E-state index in [1.54, 1.807) is 0 Å². The molecule has 0 aliphatic heterocycles. The van der Waals surface area contributed by atoms with Crippen LogP contribution in [0.1, 0.15) is 11.1 Å². The zero-order chi connectivity index (χ0) is 10.0. The molecule has 0 amide bonds. The standard InChI is InChI=1S/C7H4N4S2/c8-1-3-5(10)4(2-9)7(12)13-6(3)11/h10-11H2. The second-order valence-corrected chi connectivity index (χ2v) is 3.86. The molecule has 1 heterocycles. The highest BCUT2D eigenvalue weighted by Crippen LogP contribution is 2.28. The number of anilines is 2. The smallest absolute Gasteiger partial charge is 0.112 e. The van der Waals surface area contributed by atoms with Gasteiger partial charge in [0.15, 0.2) is 0 Å². The summed E-state index contributed by atoms with van der Waals surface area (Å²) in [6.07, 6.45) is 0. The Morgan fingerprint density at radius 3 is 2.15 bits per heavy atom. The quantitative estimate of drug-likeness (QED) is 0.627. The summed E-state index contributed by atoms with van der Waals surface area (Å²) in [5.74, 6) is 0. The molecule has 0 aliphatic carbocycles. The molecule has 0 spiro atoms. The molecule has 1 rings (SSSR count). The summed E-state index contributed by atoms with van der Waals surface area (Å²) in [5, 5.41) is 17.6. The maximum absolute atomic E-state index is 8.67. The summed E-state index contributed by atoms with van der Waals surface area (Å²) in [7, 11) is 0. The normalized spacial score (nSPS) is 8.77. The van der Waals surface area contributed by atoms with Crippen molar-refractivity contribution >= 4 is 34.2 Å². The molecule has 0 atom stereocenters. The summed E-state index contributed by atoms with van der Waals surface area (Å²) in [5.41, 5.74) is 11.4. The molecule has 6 heteroatoms. The molecule has 0 aromatic carbocycles. The third-order valence-corrected chi connectivity index (χ3v) is 2.68. The number of nitriles is 2. The van der Waals surface area contributed by atoms with Crippen molar-refractivity contribution in [2.24, 2.45) is 0 Å². The Hall–Kier alpha value is -1.63. The fourth-order valence-electron chi connectivity index (χ4n) is 0.791. The van der Waals surface area contributed by atoms with Crippen molar-refractivity contribution in [1.82, 2.24) is 0 Å². The summed E-state index contributed by atoms with van der Waals surface area (Å²) < 4.78 is 0.316. The van der Waals surface area contributed by atoms with Crippen LogP contribution in [0, 0.1) is 26.5 Å². The lowest BCUT2D eigenvalue weighted by Crippen LogP contribution is -1.98. The van der Waals surface area contributed by atoms with Gasteiger partial charge in [0.05, 0.1) is 5.69 Å². The second kappa shape index (κ2) is 3.40. The molecule has 0 unspecified atom stereocenters. The number of nitrogens with two attached hydrogens (primary N) is 2. The zero-order valence-corrected chi connectivity index (χ0v) is 8.00. The van der Waals surface area contributed by atoms with Gasteiger partial charge >= 0.3 is 0 Å². The molecule has 0 bridgehead atoms. The van der Waals surface area contributed by atoms with Gasteiger partial charge < -0.3 is 11.5 Å². The summed E-state index contributed by atoms with van der Waals surface area (Å²) in [4.78, 5) is 0. The van der Waals surface area contributed by atoms with E-state index in [1.165, 1.54) is 0 Å². The fourth-order valence-corrected chi connectivity index (χ4v) is 1.93. The van der Waals surface area contributed by atoms with E-state index in [9.17, 15) is 0 Å². The second-order valence-electron chi connectivity index (χ2n) is 2.14. The van der Waals surface area contributed by atoms with E-state index in [4.69, 9.17) is 34.2 Å². The van der Waals surface area contributed by atoms with Crippen LogP contribution in [0.2, 0.25) is 0 Å². The number of nitrogens with zero attached hydrogens (tertiary/aromatic N) is 2. The van der Waals surface area contributed by atoms with Crippen LogP contribution in [-0.2, 0) is 0 Å². The van der Waals surface area contributed by atoms with Crippen molar-refractivity contribution in [3.05, 3.63) is 15.0 Å². The van der Waals surface area contributed by atoms with Crippen LogP contribution in [0.4, 0.5) is 10.7 Å². The van der Waals surface area contributed by atoms with Crippen molar-refractivity contribution < 1.29 is 0 Å². The first-order chi connectivity index (χ1) is 6.11. The predicted molar refractivity (Wildman–Crippen MR) is 53.4 cm³/mol. The van der Waals surface area contributed by atoms with Gasteiger partial charge in [0.2, 0.25) is 0 Å². The van der Waals surface area contributed by atoms with Crippen molar-refractivity contribution in [3.63, 3.8) is 0 Å². The largest absolute Gasteiger partial charge is 0.396 e. The van der Waals surface area contributed by atoms with Crippen LogP contribution < -0.4 is 11.5 Å². The Kier molecular flexibility index (Phi) is 2.47. The predicted octanol–water partition coefficient (Wildman–Crippen LogP) is 1.39. The van der Waals surface area contributed by atoms with Gasteiger partial charge in [-0.15, -0.1) is 11.3 Å². The highest BCUT2D eigenvalue weighted by Gasteiger charge is 2.10. The van der Waals surface area contributed by atoms with E-state index >= 15 is 0 Å². The first kappa shape index (κ1) is 9.46. The molecule has 1 aromatic heterocycles. The average Bonchev–Trinajstić information content (AvgIpc) is 2.04. The van der Waals surface area contributed by atoms with Crippen molar-refractivity contribution in [3.8, 4) is 12.1 Å². The third kappa shape index (κ3) is 1.45. The topological polar surface area (TPSA) is 99.6 Å². The summed E-state index contributed by atoms with van der Waals surface area (Å²) in [6.45, 7) is 0. The number of hydrogen-bond acceptors (Lipinski definition) is 6. The molecule has 4 nitrogen and oxygen atoms in total. The summed E-state index contributed by atoms with van der Waals surface area (Å²) in [6, 6.07) is 3.67. The minimum absolute atomic E-state index is 0.0752. The molecule has 4 N–H and O–H groups in total. The Labute approximate surface area is 83.6 Å². The Balaban J connectivity index is 3.74.